The highest BCUT2D eigenvalue weighted by molar-refractivity contribution is 6.02. The fraction of sp³-hybridized carbons (Fsp3) is 0.357. The molecule has 1 aliphatic carbocycles. The number of nitrogens with zero attached hydrogens (tertiary/aromatic N) is 3. The van der Waals surface area contributed by atoms with Crippen LogP contribution in [0.3, 0.4) is 0 Å². The van der Waals surface area contributed by atoms with E-state index in [1.165, 1.54) is 0 Å². The van der Waals surface area contributed by atoms with Crippen molar-refractivity contribution in [3.63, 3.8) is 0 Å². The van der Waals surface area contributed by atoms with Gasteiger partial charge in [0.2, 0.25) is 0 Å². The summed E-state index contributed by atoms with van der Waals surface area (Å²) < 4.78 is 1.74. The summed E-state index contributed by atoms with van der Waals surface area (Å²) in [5.41, 5.74) is 9.26. The van der Waals surface area contributed by atoms with Gasteiger partial charge in [0.1, 0.15) is 5.69 Å². The molecule has 0 aromatic carbocycles. The number of imidazole rings is 1. The zero-order valence-electron chi connectivity index (χ0n) is 11.7. The van der Waals surface area contributed by atoms with Crippen molar-refractivity contribution in [1.82, 2.24) is 14.5 Å². The highest BCUT2D eigenvalue weighted by Gasteiger charge is 2.17. The highest BCUT2D eigenvalue weighted by Crippen LogP contribution is 2.21. The number of anilines is 1. The summed E-state index contributed by atoms with van der Waals surface area (Å²) in [6, 6.07) is 2.15. The number of halogens is 1. The Bertz CT molecular complexity index is 655. The minimum Gasteiger partial charge on any atom is -0.340 e. The molecule has 3 N–H and O–H groups in total. The number of nitrogens with two attached hydrogens (primary N) is 1. The number of fused-ring (bicyclic) bond motifs is 1. The fourth-order valence-electron chi connectivity index (χ4n) is 2.44. The molecule has 0 bridgehead atoms. The van der Waals surface area contributed by atoms with Gasteiger partial charge in [-0.1, -0.05) is 0 Å². The number of aryl methyl sites for hydroxylation is 2. The number of rotatable bonds is 2. The zero-order chi connectivity index (χ0) is 14.1. The van der Waals surface area contributed by atoms with Crippen LogP contribution in [0, 0.1) is 0 Å². The molecule has 3 rings (SSSR count). The van der Waals surface area contributed by atoms with Gasteiger partial charge < -0.3 is 15.6 Å². The molecule has 1 amide bonds. The van der Waals surface area contributed by atoms with Crippen molar-refractivity contribution in [1.29, 1.82) is 0 Å². The smallest absolute Gasteiger partial charge is 0.275 e. The van der Waals surface area contributed by atoms with Crippen molar-refractivity contribution in [2.45, 2.75) is 25.3 Å². The lowest BCUT2D eigenvalue weighted by molar-refractivity contribution is 0.102. The predicted octanol–water partition coefficient (Wildman–Crippen LogP) is 1.31. The van der Waals surface area contributed by atoms with Crippen LogP contribution < -0.4 is 11.1 Å². The quantitative estimate of drug-likeness (QED) is 0.876. The van der Waals surface area contributed by atoms with Gasteiger partial charge in [0.05, 0.1) is 18.2 Å². The van der Waals surface area contributed by atoms with Gasteiger partial charge in [-0.05, 0) is 30.9 Å². The van der Waals surface area contributed by atoms with Gasteiger partial charge in [-0.25, -0.2) is 4.98 Å². The van der Waals surface area contributed by atoms with E-state index in [-0.39, 0.29) is 24.4 Å². The molecule has 2 aromatic heterocycles. The SMILES string of the molecule is Cl.Cn1cnc(C(=O)Nc2cnc3c(c2)CC(N)CC3)c1. The number of carbonyl (C=O) groups excluding carboxylic acids is 1. The van der Waals surface area contributed by atoms with E-state index in [0.717, 1.165) is 30.5 Å². The maximum Gasteiger partial charge on any atom is 0.275 e. The van der Waals surface area contributed by atoms with Gasteiger partial charge in [-0.2, -0.15) is 0 Å². The molecule has 6 nitrogen and oxygen atoms in total. The molecule has 1 atom stereocenters. The summed E-state index contributed by atoms with van der Waals surface area (Å²) in [6.07, 6.45) is 7.66. The number of hydrogen-bond donors (Lipinski definition) is 2. The Labute approximate surface area is 129 Å². The first kappa shape index (κ1) is 15.5. The van der Waals surface area contributed by atoms with Crippen LogP contribution in [0.15, 0.2) is 24.8 Å². The van der Waals surface area contributed by atoms with Crippen molar-refractivity contribution in [2.75, 3.05) is 5.32 Å². The Hall–Kier alpha value is -1.92. The Morgan fingerprint density at radius 2 is 2.29 bits per heavy atom. The summed E-state index contributed by atoms with van der Waals surface area (Å²) in [4.78, 5) is 20.5. The highest BCUT2D eigenvalue weighted by atomic mass is 35.5. The fourth-order valence-corrected chi connectivity index (χ4v) is 2.44. The van der Waals surface area contributed by atoms with E-state index in [9.17, 15) is 4.79 Å². The standard InChI is InChI=1S/C14H17N5O.ClH/c1-19-7-13(17-8-19)14(20)18-11-5-9-4-10(15)2-3-12(9)16-6-11;/h5-8,10H,2-4,15H2,1H3,(H,18,20);1H. The molecule has 1 aliphatic rings. The van der Waals surface area contributed by atoms with Gasteiger partial charge in [-0.15, -0.1) is 12.4 Å². The Balaban J connectivity index is 0.00000161. The second kappa shape index (κ2) is 6.24. The molecular weight excluding hydrogens is 290 g/mol. The van der Waals surface area contributed by atoms with Gasteiger partial charge in [0.15, 0.2) is 0 Å². The first-order valence-electron chi connectivity index (χ1n) is 6.64. The Morgan fingerprint density at radius 3 is 3.00 bits per heavy atom. The third-order valence-corrected chi connectivity index (χ3v) is 3.49. The summed E-state index contributed by atoms with van der Waals surface area (Å²) >= 11 is 0. The van der Waals surface area contributed by atoms with Gasteiger partial charge in [0.25, 0.3) is 5.91 Å². The van der Waals surface area contributed by atoms with Crippen molar-refractivity contribution in [3.05, 3.63) is 41.7 Å². The molecule has 0 saturated carbocycles. The van der Waals surface area contributed by atoms with E-state index in [0.29, 0.717) is 11.4 Å². The predicted molar refractivity (Wildman–Crippen MR) is 82.6 cm³/mol. The van der Waals surface area contributed by atoms with Gasteiger partial charge in [0, 0.05) is 25.0 Å². The van der Waals surface area contributed by atoms with E-state index in [1.807, 2.05) is 13.1 Å². The Morgan fingerprint density at radius 1 is 1.48 bits per heavy atom. The molecule has 7 heteroatoms. The van der Waals surface area contributed by atoms with Crippen molar-refractivity contribution < 1.29 is 4.79 Å². The van der Waals surface area contributed by atoms with Gasteiger partial charge >= 0.3 is 0 Å². The van der Waals surface area contributed by atoms with Crippen LogP contribution in [0.1, 0.15) is 28.2 Å². The normalized spacial score (nSPS) is 16.8. The zero-order valence-corrected chi connectivity index (χ0v) is 12.6. The molecule has 0 aliphatic heterocycles. The summed E-state index contributed by atoms with van der Waals surface area (Å²) in [7, 11) is 1.83. The third kappa shape index (κ3) is 3.40. The van der Waals surface area contributed by atoms with E-state index in [1.54, 1.807) is 23.3 Å². The second-order valence-electron chi connectivity index (χ2n) is 5.21. The van der Waals surface area contributed by atoms with Crippen molar-refractivity contribution >= 4 is 24.0 Å². The molecule has 0 radical (unpaired) electrons. The molecule has 1 unspecified atom stereocenters. The lowest BCUT2D eigenvalue weighted by Gasteiger charge is -2.20. The molecule has 112 valence electrons. The third-order valence-electron chi connectivity index (χ3n) is 3.49. The average Bonchev–Trinajstić information content (AvgIpc) is 2.85. The van der Waals surface area contributed by atoms with Crippen LogP contribution in [0.4, 0.5) is 5.69 Å². The largest absolute Gasteiger partial charge is 0.340 e. The summed E-state index contributed by atoms with van der Waals surface area (Å²) in [6.45, 7) is 0. The second-order valence-corrected chi connectivity index (χ2v) is 5.21. The minimum absolute atomic E-state index is 0. The lowest BCUT2D eigenvalue weighted by atomic mass is 9.92. The van der Waals surface area contributed by atoms with Crippen LogP contribution >= 0.6 is 12.4 Å². The molecule has 2 aromatic rings. The molecule has 21 heavy (non-hydrogen) atoms. The van der Waals surface area contributed by atoms with Crippen molar-refractivity contribution in [2.24, 2.45) is 12.8 Å². The lowest BCUT2D eigenvalue weighted by Crippen LogP contribution is -2.28. The molecule has 0 saturated heterocycles. The topological polar surface area (TPSA) is 85.8 Å². The first-order chi connectivity index (χ1) is 9.61. The van der Waals surface area contributed by atoms with Gasteiger partial charge in [-0.3, -0.25) is 9.78 Å². The van der Waals surface area contributed by atoms with E-state index >= 15 is 0 Å². The molecule has 0 spiro atoms. The van der Waals surface area contributed by atoms with E-state index in [2.05, 4.69) is 15.3 Å². The number of amides is 1. The number of nitrogens with one attached hydrogen (secondary N) is 1. The Kier molecular flexibility index (Phi) is 4.59. The number of carbonyl (C=O) groups is 1. The first-order valence-corrected chi connectivity index (χ1v) is 6.64. The molecular formula is C14H18ClN5O. The summed E-state index contributed by atoms with van der Waals surface area (Å²) in [5, 5.41) is 2.82. The van der Waals surface area contributed by atoms with Crippen LogP contribution in [-0.4, -0.2) is 26.5 Å². The average molecular weight is 308 g/mol. The summed E-state index contributed by atoms with van der Waals surface area (Å²) in [5.74, 6) is -0.229. The van der Waals surface area contributed by atoms with Crippen LogP contribution in [0.5, 0.6) is 0 Å². The van der Waals surface area contributed by atoms with E-state index in [4.69, 9.17) is 5.73 Å². The number of aromatic nitrogens is 3. The van der Waals surface area contributed by atoms with Crippen LogP contribution in [-0.2, 0) is 19.9 Å². The van der Waals surface area contributed by atoms with Crippen LogP contribution in [0.2, 0.25) is 0 Å². The number of hydrogen-bond acceptors (Lipinski definition) is 4. The van der Waals surface area contributed by atoms with E-state index < -0.39 is 0 Å². The minimum atomic E-state index is -0.229. The maximum atomic E-state index is 12.0. The van der Waals surface area contributed by atoms with Crippen molar-refractivity contribution in [3.8, 4) is 0 Å². The van der Waals surface area contributed by atoms with Crippen LogP contribution in [0.25, 0.3) is 0 Å². The number of pyridine rings is 1. The maximum absolute atomic E-state index is 12.0. The molecule has 2 heterocycles. The monoisotopic (exact) mass is 307 g/mol. The molecule has 0 fully saturated rings.